The Balaban J connectivity index is 1.74. The van der Waals surface area contributed by atoms with Gasteiger partial charge in [-0.15, -0.1) is 0 Å². The van der Waals surface area contributed by atoms with E-state index in [1.165, 1.54) is 24.3 Å². The van der Waals surface area contributed by atoms with Gasteiger partial charge in [0, 0.05) is 33.1 Å². The summed E-state index contributed by atoms with van der Waals surface area (Å²) < 4.78 is 13.3. The van der Waals surface area contributed by atoms with Crippen molar-refractivity contribution in [2.75, 3.05) is 20.6 Å². The SMILES string of the molecule is CCN(Cc1ccc([C@@H]2CCCC[C@H]2C(=O)N[C@H](C(N)=O)c2ccc(F)cc2)cc1)C(=O)N(C)C. The van der Waals surface area contributed by atoms with Gasteiger partial charge in [-0.1, -0.05) is 49.2 Å². The maximum atomic E-state index is 13.3. The molecule has 7 nitrogen and oxygen atoms in total. The first-order chi connectivity index (χ1) is 16.7. The van der Waals surface area contributed by atoms with E-state index >= 15 is 0 Å². The molecule has 0 aromatic heterocycles. The highest BCUT2D eigenvalue weighted by Gasteiger charge is 2.34. The largest absolute Gasteiger partial charge is 0.368 e. The van der Waals surface area contributed by atoms with Gasteiger partial charge in [0.1, 0.15) is 11.9 Å². The monoisotopic (exact) mass is 482 g/mol. The summed E-state index contributed by atoms with van der Waals surface area (Å²) in [6.45, 7) is 3.07. The Labute approximate surface area is 206 Å². The van der Waals surface area contributed by atoms with Crippen LogP contribution in [-0.2, 0) is 16.1 Å². The highest BCUT2D eigenvalue weighted by Crippen LogP contribution is 2.38. The van der Waals surface area contributed by atoms with Crippen molar-refractivity contribution < 1.29 is 18.8 Å². The molecule has 0 spiro atoms. The molecule has 188 valence electrons. The first-order valence-corrected chi connectivity index (χ1v) is 12.1. The second-order valence-corrected chi connectivity index (χ2v) is 9.33. The second-order valence-electron chi connectivity index (χ2n) is 9.33. The zero-order chi connectivity index (χ0) is 25.5. The molecule has 0 unspecified atom stereocenters. The van der Waals surface area contributed by atoms with Gasteiger partial charge in [-0.05, 0) is 54.5 Å². The highest BCUT2D eigenvalue weighted by atomic mass is 19.1. The zero-order valence-electron chi connectivity index (χ0n) is 20.7. The molecular weight excluding hydrogens is 447 g/mol. The van der Waals surface area contributed by atoms with E-state index in [4.69, 9.17) is 5.73 Å². The van der Waals surface area contributed by atoms with Gasteiger partial charge in [0.05, 0.1) is 0 Å². The predicted molar refractivity (Wildman–Crippen MR) is 133 cm³/mol. The van der Waals surface area contributed by atoms with Crippen LogP contribution in [0.4, 0.5) is 9.18 Å². The minimum Gasteiger partial charge on any atom is -0.368 e. The Morgan fingerprint density at radius 1 is 1.03 bits per heavy atom. The topological polar surface area (TPSA) is 95.7 Å². The van der Waals surface area contributed by atoms with E-state index in [1.807, 2.05) is 31.2 Å². The smallest absolute Gasteiger partial charge is 0.319 e. The molecule has 0 bridgehead atoms. The van der Waals surface area contributed by atoms with E-state index in [1.54, 1.807) is 23.9 Å². The van der Waals surface area contributed by atoms with E-state index in [2.05, 4.69) is 5.32 Å². The fourth-order valence-corrected chi connectivity index (χ4v) is 4.76. The third-order valence-corrected chi connectivity index (χ3v) is 6.69. The number of nitrogens with two attached hydrogens (primary N) is 1. The molecule has 2 aromatic carbocycles. The quantitative estimate of drug-likeness (QED) is 0.596. The molecule has 2 aromatic rings. The molecule has 3 rings (SSSR count). The number of amides is 4. The number of urea groups is 1. The minimum atomic E-state index is -1.01. The van der Waals surface area contributed by atoms with Crippen molar-refractivity contribution >= 4 is 17.8 Å². The average molecular weight is 483 g/mol. The fraction of sp³-hybridized carbons (Fsp3) is 0.444. The number of rotatable bonds is 8. The Hall–Kier alpha value is -3.42. The number of carbonyl (C=O) groups excluding carboxylic acids is 3. The number of halogens is 1. The summed E-state index contributed by atoms with van der Waals surface area (Å²) in [5.74, 6) is -1.60. The van der Waals surface area contributed by atoms with Crippen molar-refractivity contribution in [2.45, 2.75) is 51.1 Å². The molecule has 0 heterocycles. The first kappa shape index (κ1) is 26.2. The van der Waals surface area contributed by atoms with Crippen LogP contribution in [0.1, 0.15) is 61.3 Å². The lowest BCUT2D eigenvalue weighted by Gasteiger charge is -2.32. The van der Waals surface area contributed by atoms with E-state index in [0.717, 1.165) is 30.4 Å². The van der Waals surface area contributed by atoms with Crippen LogP contribution in [0.5, 0.6) is 0 Å². The average Bonchev–Trinajstić information content (AvgIpc) is 2.86. The third-order valence-electron chi connectivity index (χ3n) is 6.69. The van der Waals surface area contributed by atoms with Crippen molar-refractivity contribution in [3.63, 3.8) is 0 Å². The summed E-state index contributed by atoms with van der Waals surface area (Å²) in [6.07, 6.45) is 3.54. The lowest BCUT2D eigenvalue weighted by molar-refractivity contribution is -0.131. The van der Waals surface area contributed by atoms with Crippen LogP contribution < -0.4 is 11.1 Å². The lowest BCUT2D eigenvalue weighted by Crippen LogP contribution is -2.42. The number of nitrogens with one attached hydrogen (secondary N) is 1. The highest BCUT2D eigenvalue weighted by molar-refractivity contribution is 5.89. The predicted octanol–water partition coefficient (Wildman–Crippen LogP) is 3.95. The van der Waals surface area contributed by atoms with Gasteiger partial charge >= 0.3 is 6.03 Å². The number of primary amides is 1. The minimum absolute atomic E-state index is 0.0187. The maximum Gasteiger partial charge on any atom is 0.319 e. The number of hydrogen-bond donors (Lipinski definition) is 2. The van der Waals surface area contributed by atoms with Gasteiger partial charge in [0.25, 0.3) is 0 Å². The van der Waals surface area contributed by atoms with Crippen molar-refractivity contribution in [1.29, 1.82) is 0 Å². The zero-order valence-corrected chi connectivity index (χ0v) is 20.7. The Bertz CT molecular complexity index is 1020. The molecule has 0 saturated heterocycles. The lowest BCUT2D eigenvalue weighted by atomic mass is 9.74. The third kappa shape index (κ3) is 6.59. The summed E-state index contributed by atoms with van der Waals surface area (Å²) in [4.78, 5) is 41.0. The van der Waals surface area contributed by atoms with Crippen molar-refractivity contribution in [1.82, 2.24) is 15.1 Å². The molecule has 1 saturated carbocycles. The van der Waals surface area contributed by atoms with Crippen molar-refractivity contribution in [2.24, 2.45) is 11.7 Å². The van der Waals surface area contributed by atoms with Crippen molar-refractivity contribution in [3.05, 3.63) is 71.0 Å². The summed E-state index contributed by atoms with van der Waals surface area (Å²) in [7, 11) is 3.47. The Morgan fingerprint density at radius 3 is 2.23 bits per heavy atom. The Kier molecular flexibility index (Phi) is 8.84. The van der Waals surface area contributed by atoms with Crippen molar-refractivity contribution in [3.8, 4) is 0 Å². The molecule has 4 amide bonds. The van der Waals surface area contributed by atoms with Crippen LogP contribution in [0.15, 0.2) is 48.5 Å². The normalized spacial score (nSPS) is 18.4. The molecule has 35 heavy (non-hydrogen) atoms. The van der Waals surface area contributed by atoms with Gasteiger partial charge in [-0.3, -0.25) is 9.59 Å². The summed E-state index contributed by atoms with van der Waals surface area (Å²) in [5.41, 5.74) is 8.10. The molecular formula is C27H35FN4O3. The second kappa shape index (κ2) is 11.8. The molecule has 3 atom stereocenters. The van der Waals surface area contributed by atoms with E-state index in [-0.39, 0.29) is 23.8 Å². The number of hydrogen-bond acceptors (Lipinski definition) is 3. The van der Waals surface area contributed by atoms with E-state index < -0.39 is 17.8 Å². The van der Waals surface area contributed by atoms with Crippen LogP contribution in [-0.4, -0.2) is 48.3 Å². The van der Waals surface area contributed by atoms with Crippen LogP contribution in [0, 0.1) is 11.7 Å². The Morgan fingerprint density at radius 2 is 1.66 bits per heavy atom. The first-order valence-electron chi connectivity index (χ1n) is 12.1. The number of nitrogens with zero attached hydrogens (tertiary/aromatic N) is 2. The molecule has 0 radical (unpaired) electrons. The van der Waals surface area contributed by atoms with Gasteiger partial charge in [-0.2, -0.15) is 0 Å². The molecule has 1 aliphatic carbocycles. The molecule has 1 fully saturated rings. The molecule has 0 aliphatic heterocycles. The van der Waals surface area contributed by atoms with Gasteiger partial charge in [0.2, 0.25) is 11.8 Å². The number of benzene rings is 2. The number of carbonyl (C=O) groups is 3. The van der Waals surface area contributed by atoms with Crippen LogP contribution in [0.25, 0.3) is 0 Å². The van der Waals surface area contributed by atoms with Gasteiger partial charge < -0.3 is 20.9 Å². The van der Waals surface area contributed by atoms with E-state index in [0.29, 0.717) is 25.1 Å². The van der Waals surface area contributed by atoms with Crippen LogP contribution in [0.3, 0.4) is 0 Å². The summed E-state index contributed by atoms with van der Waals surface area (Å²) in [5, 5.41) is 2.81. The fourth-order valence-electron chi connectivity index (χ4n) is 4.76. The standard InChI is InChI=1S/C27H35FN4O3/c1-4-32(27(35)31(2)3)17-18-9-11-19(12-10-18)22-7-5-6-8-23(22)26(34)30-24(25(29)33)20-13-15-21(28)16-14-20/h9-16,22-24H,4-8,17H2,1-3H3,(H2,29,33)(H,30,34)/t22-,23+,24-/m0/s1. The molecule has 3 N–H and O–H groups in total. The van der Waals surface area contributed by atoms with Crippen LogP contribution >= 0.6 is 0 Å². The van der Waals surface area contributed by atoms with Gasteiger partial charge in [-0.25, -0.2) is 9.18 Å². The maximum absolute atomic E-state index is 13.3. The summed E-state index contributed by atoms with van der Waals surface area (Å²) >= 11 is 0. The molecule has 1 aliphatic rings. The van der Waals surface area contributed by atoms with Gasteiger partial charge in [0.15, 0.2) is 0 Å². The van der Waals surface area contributed by atoms with E-state index in [9.17, 15) is 18.8 Å². The molecule has 8 heteroatoms. The van der Waals surface area contributed by atoms with Crippen LogP contribution in [0.2, 0.25) is 0 Å². The summed E-state index contributed by atoms with van der Waals surface area (Å²) in [6, 6.07) is 12.4.